The molecule has 7 heteroatoms. The largest absolute Gasteiger partial charge is 0.488 e. The summed E-state index contributed by atoms with van der Waals surface area (Å²) in [5, 5.41) is 3.81. The van der Waals surface area contributed by atoms with E-state index >= 15 is 0 Å². The standard InChI is InChI=1S/C26H31N3O4/c1-16(2)32-26(30)28-18-8-6-17(7-9-18)25-24(27)22-11-10-20(33-21-12-13-31-15-21)14-23(22)29(25)19-4-3-5-19/h6-11,14,16,19,21H,3-5,12-13,15,27H2,1-2H3,(H,28,30)/t21-/m1/s1. The first-order valence-corrected chi connectivity index (χ1v) is 11.8. The molecule has 1 aliphatic heterocycles. The summed E-state index contributed by atoms with van der Waals surface area (Å²) in [5.41, 5.74) is 11.3. The fourth-order valence-corrected chi connectivity index (χ4v) is 4.58. The fraction of sp³-hybridized carbons (Fsp3) is 0.423. The Labute approximate surface area is 193 Å². The van der Waals surface area contributed by atoms with Crippen molar-refractivity contribution >= 4 is 28.4 Å². The van der Waals surface area contributed by atoms with Gasteiger partial charge in [-0.2, -0.15) is 0 Å². The molecule has 0 radical (unpaired) electrons. The summed E-state index contributed by atoms with van der Waals surface area (Å²) in [6.07, 6.45) is 3.89. The van der Waals surface area contributed by atoms with Gasteiger partial charge in [0.1, 0.15) is 11.9 Å². The van der Waals surface area contributed by atoms with Crippen LogP contribution < -0.4 is 15.8 Å². The average molecular weight is 450 g/mol. The lowest BCUT2D eigenvalue weighted by Gasteiger charge is -2.30. The normalized spacial score (nSPS) is 18.5. The lowest BCUT2D eigenvalue weighted by atomic mass is 9.92. The number of hydrogen-bond acceptors (Lipinski definition) is 5. The number of carbonyl (C=O) groups is 1. The first kappa shape index (κ1) is 21.6. The predicted octanol–water partition coefficient (Wildman–Crippen LogP) is 5.74. The molecule has 2 fully saturated rings. The molecule has 1 saturated heterocycles. The Morgan fingerprint density at radius 2 is 1.94 bits per heavy atom. The van der Waals surface area contributed by atoms with Crippen LogP contribution in [-0.4, -0.2) is 36.1 Å². The smallest absolute Gasteiger partial charge is 0.411 e. The zero-order valence-corrected chi connectivity index (χ0v) is 19.2. The van der Waals surface area contributed by atoms with Gasteiger partial charge < -0.3 is 24.5 Å². The Morgan fingerprint density at radius 3 is 2.58 bits per heavy atom. The molecule has 2 aliphatic rings. The average Bonchev–Trinajstić information content (AvgIpc) is 3.34. The number of amides is 1. The van der Waals surface area contributed by atoms with E-state index in [4.69, 9.17) is 19.9 Å². The molecule has 1 amide bonds. The minimum atomic E-state index is -0.457. The molecule has 7 nitrogen and oxygen atoms in total. The maximum absolute atomic E-state index is 11.9. The highest BCUT2D eigenvalue weighted by Crippen LogP contribution is 2.45. The zero-order chi connectivity index (χ0) is 22.9. The number of hydrogen-bond donors (Lipinski definition) is 2. The van der Waals surface area contributed by atoms with Crippen LogP contribution in [-0.2, 0) is 9.47 Å². The van der Waals surface area contributed by atoms with Crippen LogP contribution in [0.15, 0.2) is 42.5 Å². The van der Waals surface area contributed by atoms with Gasteiger partial charge >= 0.3 is 6.09 Å². The van der Waals surface area contributed by atoms with Crippen LogP contribution in [0.5, 0.6) is 5.75 Å². The van der Waals surface area contributed by atoms with E-state index in [0.29, 0.717) is 18.3 Å². The van der Waals surface area contributed by atoms with Crippen molar-refractivity contribution in [3.63, 3.8) is 0 Å². The summed E-state index contributed by atoms with van der Waals surface area (Å²) in [6.45, 7) is 5.04. The molecule has 3 N–H and O–H groups in total. The van der Waals surface area contributed by atoms with Crippen LogP contribution in [0.3, 0.4) is 0 Å². The zero-order valence-electron chi connectivity index (χ0n) is 19.2. The number of anilines is 2. The molecule has 1 aliphatic carbocycles. The van der Waals surface area contributed by atoms with Crippen molar-refractivity contribution in [2.24, 2.45) is 0 Å². The van der Waals surface area contributed by atoms with E-state index in [1.165, 1.54) is 6.42 Å². The van der Waals surface area contributed by atoms with E-state index < -0.39 is 6.09 Å². The summed E-state index contributed by atoms with van der Waals surface area (Å²) in [5.74, 6) is 0.853. The second-order valence-corrected chi connectivity index (χ2v) is 9.16. The Hall–Kier alpha value is -3.19. The highest BCUT2D eigenvalue weighted by Gasteiger charge is 2.27. The van der Waals surface area contributed by atoms with Crippen molar-refractivity contribution < 1.29 is 19.0 Å². The summed E-state index contributed by atoms with van der Waals surface area (Å²) in [7, 11) is 0. The number of nitrogen functional groups attached to an aromatic ring is 1. The Morgan fingerprint density at radius 1 is 1.15 bits per heavy atom. The molecule has 33 heavy (non-hydrogen) atoms. The van der Waals surface area contributed by atoms with Gasteiger partial charge in [-0.15, -0.1) is 0 Å². The number of benzene rings is 2. The molecule has 2 aromatic carbocycles. The van der Waals surface area contributed by atoms with Gasteiger partial charge in [-0.05, 0) is 57.4 Å². The van der Waals surface area contributed by atoms with Crippen LogP contribution in [0.25, 0.3) is 22.2 Å². The van der Waals surface area contributed by atoms with Gasteiger partial charge in [-0.1, -0.05) is 12.1 Å². The Bertz CT molecular complexity index is 1140. The predicted molar refractivity (Wildman–Crippen MR) is 130 cm³/mol. The van der Waals surface area contributed by atoms with E-state index in [1.54, 1.807) is 0 Å². The number of rotatable bonds is 6. The van der Waals surface area contributed by atoms with Crippen LogP contribution in [0.1, 0.15) is 45.6 Å². The molecule has 0 unspecified atom stereocenters. The molecule has 3 aromatic rings. The third-order valence-electron chi connectivity index (χ3n) is 6.39. The topological polar surface area (TPSA) is 87.7 Å². The van der Waals surface area contributed by atoms with Crippen LogP contribution in [0.2, 0.25) is 0 Å². The molecular formula is C26H31N3O4. The van der Waals surface area contributed by atoms with Gasteiger partial charge in [-0.25, -0.2) is 4.79 Å². The SMILES string of the molecule is CC(C)OC(=O)Nc1ccc(-c2c(N)c3ccc(O[C@@H]4CCOC4)cc3n2C2CCC2)cc1. The molecule has 5 rings (SSSR count). The summed E-state index contributed by atoms with van der Waals surface area (Å²) >= 11 is 0. The van der Waals surface area contributed by atoms with Crippen molar-refractivity contribution in [3.05, 3.63) is 42.5 Å². The number of nitrogens with two attached hydrogens (primary N) is 1. The Kier molecular flexibility index (Phi) is 5.89. The summed E-state index contributed by atoms with van der Waals surface area (Å²) < 4.78 is 19.2. The van der Waals surface area contributed by atoms with Gasteiger partial charge in [0.05, 0.1) is 36.2 Å². The van der Waals surface area contributed by atoms with Gasteiger partial charge in [-0.3, -0.25) is 5.32 Å². The van der Waals surface area contributed by atoms with Gasteiger partial charge in [0.25, 0.3) is 0 Å². The Balaban J connectivity index is 1.49. The quantitative estimate of drug-likeness (QED) is 0.501. The second-order valence-electron chi connectivity index (χ2n) is 9.16. The van der Waals surface area contributed by atoms with Crippen LogP contribution >= 0.6 is 0 Å². The molecular weight excluding hydrogens is 418 g/mol. The molecule has 1 saturated carbocycles. The fourth-order valence-electron chi connectivity index (χ4n) is 4.58. The molecule has 1 aromatic heterocycles. The van der Waals surface area contributed by atoms with Gasteiger partial charge in [0.2, 0.25) is 0 Å². The maximum atomic E-state index is 11.9. The molecule has 2 heterocycles. The van der Waals surface area contributed by atoms with E-state index in [1.807, 2.05) is 44.2 Å². The van der Waals surface area contributed by atoms with Gasteiger partial charge in [0.15, 0.2) is 0 Å². The van der Waals surface area contributed by atoms with Crippen molar-refractivity contribution in [3.8, 4) is 17.0 Å². The number of carbonyl (C=O) groups excluding carboxylic acids is 1. The van der Waals surface area contributed by atoms with E-state index in [9.17, 15) is 4.79 Å². The first-order chi connectivity index (χ1) is 16.0. The maximum Gasteiger partial charge on any atom is 0.411 e. The van der Waals surface area contributed by atoms with Crippen molar-refractivity contribution in [2.45, 2.75) is 57.8 Å². The molecule has 0 bridgehead atoms. The summed E-state index contributed by atoms with van der Waals surface area (Å²) in [4.78, 5) is 11.9. The third-order valence-corrected chi connectivity index (χ3v) is 6.39. The highest BCUT2D eigenvalue weighted by atomic mass is 16.6. The van der Waals surface area contributed by atoms with Crippen LogP contribution in [0.4, 0.5) is 16.2 Å². The lowest BCUT2D eigenvalue weighted by Crippen LogP contribution is -2.18. The lowest BCUT2D eigenvalue weighted by molar-refractivity contribution is 0.130. The van der Waals surface area contributed by atoms with Crippen LogP contribution in [0, 0.1) is 0 Å². The molecule has 1 atom stereocenters. The number of fused-ring (bicyclic) bond motifs is 1. The highest BCUT2D eigenvalue weighted by molar-refractivity contribution is 6.01. The van der Waals surface area contributed by atoms with Crippen molar-refractivity contribution in [1.82, 2.24) is 4.57 Å². The number of nitrogens with one attached hydrogen (secondary N) is 1. The molecule has 174 valence electrons. The van der Waals surface area contributed by atoms with E-state index in [0.717, 1.165) is 59.5 Å². The second kappa shape index (κ2) is 8.98. The van der Waals surface area contributed by atoms with Gasteiger partial charge in [0, 0.05) is 35.2 Å². The molecule has 0 spiro atoms. The van der Waals surface area contributed by atoms with Crippen molar-refractivity contribution in [1.29, 1.82) is 0 Å². The minimum Gasteiger partial charge on any atom is -0.488 e. The third kappa shape index (κ3) is 4.37. The minimum absolute atomic E-state index is 0.105. The van der Waals surface area contributed by atoms with E-state index in [-0.39, 0.29) is 12.2 Å². The number of nitrogens with zero attached hydrogens (tertiary/aromatic N) is 1. The van der Waals surface area contributed by atoms with E-state index in [2.05, 4.69) is 22.0 Å². The monoisotopic (exact) mass is 449 g/mol. The van der Waals surface area contributed by atoms with Crippen molar-refractivity contribution in [2.75, 3.05) is 24.3 Å². The first-order valence-electron chi connectivity index (χ1n) is 11.8. The summed E-state index contributed by atoms with van der Waals surface area (Å²) in [6, 6.07) is 14.4. The number of ether oxygens (including phenoxy) is 3. The number of aromatic nitrogens is 1.